The second-order valence-corrected chi connectivity index (χ2v) is 9.76. The highest BCUT2D eigenvalue weighted by atomic mass is 35.5. The summed E-state index contributed by atoms with van der Waals surface area (Å²) in [4.78, 5) is 16.8. The topological polar surface area (TPSA) is 60.9 Å². The molecule has 1 aliphatic heterocycles. The van der Waals surface area contributed by atoms with E-state index in [1.54, 1.807) is 11.0 Å². The molecular formula is C20H23Cl2N3O3S. The molecule has 1 fully saturated rings. The lowest BCUT2D eigenvalue weighted by Crippen LogP contribution is -2.51. The zero-order valence-corrected chi connectivity index (χ0v) is 18.4. The molecule has 6 nitrogen and oxygen atoms in total. The fourth-order valence-electron chi connectivity index (χ4n) is 3.28. The molecule has 3 rings (SSSR count). The van der Waals surface area contributed by atoms with E-state index in [0.717, 1.165) is 30.2 Å². The number of halogens is 2. The van der Waals surface area contributed by atoms with Crippen molar-refractivity contribution in [3.05, 3.63) is 64.1 Å². The van der Waals surface area contributed by atoms with Gasteiger partial charge in [-0.2, -0.15) is 0 Å². The number of carbonyl (C=O) groups excluding carboxylic acids is 1. The van der Waals surface area contributed by atoms with Crippen LogP contribution in [0.1, 0.15) is 5.56 Å². The van der Waals surface area contributed by atoms with Gasteiger partial charge in [-0.25, -0.2) is 8.42 Å². The van der Waals surface area contributed by atoms with E-state index in [1.165, 1.54) is 17.7 Å². The molecule has 1 heterocycles. The van der Waals surface area contributed by atoms with Gasteiger partial charge in [0.15, 0.2) is 0 Å². The van der Waals surface area contributed by atoms with E-state index in [9.17, 15) is 13.2 Å². The van der Waals surface area contributed by atoms with Gasteiger partial charge in [0.2, 0.25) is 15.9 Å². The van der Waals surface area contributed by atoms with Crippen molar-refractivity contribution >= 4 is 44.8 Å². The van der Waals surface area contributed by atoms with Crippen molar-refractivity contribution in [1.82, 2.24) is 9.80 Å². The first kappa shape index (κ1) is 21.9. The Bertz CT molecular complexity index is 962. The summed E-state index contributed by atoms with van der Waals surface area (Å²) in [5.41, 5.74) is 1.47. The van der Waals surface area contributed by atoms with E-state index in [0.29, 0.717) is 18.1 Å². The van der Waals surface area contributed by atoms with Crippen LogP contribution in [-0.2, 0) is 21.4 Å². The molecule has 0 bridgehead atoms. The van der Waals surface area contributed by atoms with Crippen molar-refractivity contribution in [2.75, 3.05) is 43.3 Å². The van der Waals surface area contributed by atoms with Gasteiger partial charge in [0, 0.05) is 37.7 Å². The molecular weight excluding hydrogens is 433 g/mol. The Balaban J connectivity index is 1.63. The van der Waals surface area contributed by atoms with E-state index in [2.05, 4.69) is 17.0 Å². The molecule has 0 spiro atoms. The van der Waals surface area contributed by atoms with Gasteiger partial charge in [0.1, 0.15) is 6.54 Å². The third-order valence-corrected chi connectivity index (χ3v) is 6.50. The van der Waals surface area contributed by atoms with Gasteiger partial charge in [0.05, 0.1) is 17.0 Å². The molecule has 1 saturated heterocycles. The minimum absolute atomic E-state index is 0.184. The zero-order chi connectivity index (χ0) is 21.0. The smallest absolute Gasteiger partial charge is 0.243 e. The third kappa shape index (κ3) is 5.85. The molecule has 0 atom stereocenters. The van der Waals surface area contributed by atoms with Crippen molar-refractivity contribution in [2.45, 2.75) is 6.54 Å². The fraction of sp³-hybridized carbons (Fsp3) is 0.350. The highest BCUT2D eigenvalue weighted by Crippen LogP contribution is 2.30. The zero-order valence-electron chi connectivity index (χ0n) is 16.1. The highest BCUT2D eigenvalue weighted by molar-refractivity contribution is 7.92. The van der Waals surface area contributed by atoms with Crippen LogP contribution < -0.4 is 4.31 Å². The number of anilines is 1. The van der Waals surface area contributed by atoms with Crippen LogP contribution >= 0.6 is 23.2 Å². The molecule has 1 amide bonds. The van der Waals surface area contributed by atoms with Gasteiger partial charge in [-0.15, -0.1) is 0 Å². The van der Waals surface area contributed by atoms with Crippen LogP contribution in [-0.4, -0.2) is 63.1 Å². The van der Waals surface area contributed by atoms with E-state index in [-0.39, 0.29) is 23.2 Å². The number of piperazine rings is 1. The minimum Gasteiger partial charge on any atom is -0.339 e. The number of hydrogen-bond donors (Lipinski definition) is 0. The molecule has 0 aromatic heterocycles. The maximum absolute atomic E-state index is 12.8. The lowest BCUT2D eigenvalue weighted by molar-refractivity contribution is -0.131. The average molecular weight is 456 g/mol. The van der Waals surface area contributed by atoms with Crippen molar-refractivity contribution in [3.8, 4) is 0 Å². The first-order valence-electron chi connectivity index (χ1n) is 9.21. The standard InChI is InChI=1S/C20H23Cl2N3O3S/c1-29(27,28)25(19-8-7-17(21)13-18(19)22)15-20(26)24-11-9-23(10-12-24)14-16-5-3-2-4-6-16/h2-8,13H,9-12,14-15H2,1H3. The highest BCUT2D eigenvalue weighted by Gasteiger charge is 2.27. The summed E-state index contributed by atoms with van der Waals surface area (Å²) >= 11 is 12.1. The molecule has 2 aromatic rings. The lowest BCUT2D eigenvalue weighted by Gasteiger charge is -2.36. The van der Waals surface area contributed by atoms with Crippen molar-refractivity contribution in [2.24, 2.45) is 0 Å². The van der Waals surface area contributed by atoms with Crippen molar-refractivity contribution in [1.29, 1.82) is 0 Å². The maximum Gasteiger partial charge on any atom is 0.243 e. The maximum atomic E-state index is 12.8. The summed E-state index contributed by atoms with van der Waals surface area (Å²) in [6, 6.07) is 14.7. The molecule has 0 radical (unpaired) electrons. The Morgan fingerprint density at radius 3 is 2.28 bits per heavy atom. The van der Waals surface area contributed by atoms with E-state index < -0.39 is 10.0 Å². The summed E-state index contributed by atoms with van der Waals surface area (Å²) < 4.78 is 25.6. The Hall–Kier alpha value is -1.80. The van der Waals surface area contributed by atoms with E-state index in [1.807, 2.05) is 18.2 Å². The largest absolute Gasteiger partial charge is 0.339 e. The number of carbonyl (C=O) groups is 1. The van der Waals surface area contributed by atoms with Gasteiger partial charge >= 0.3 is 0 Å². The number of hydrogen-bond acceptors (Lipinski definition) is 4. The van der Waals surface area contributed by atoms with Gasteiger partial charge in [0.25, 0.3) is 0 Å². The monoisotopic (exact) mass is 455 g/mol. The molecule has 2 aromatic carbocycles. The average Bonchev–Trinajstić information content (AvgIpc) is 2.67. The molecule has 0 unspecified atom stereocenters. The SMILES string of the molecule is CS(=O)(=O)N(CC(=O)N1CCN(Cc2ccccc2)CC1)c1ccc(Cl)cc1Cl. The van der Waals surface area contributed by atoms with Gasteiger partial charge in [-0.05, 0) is 23.8 Å². The molecule has 0 aliphatic carbocycles. The Kier molecular flexibility index (Phi) is 7.05. The summed E-state index contributed by atoms with van der Waals surface area (Å²) in [6.07, 6.45) is 1.06. The summed E-state index contributed by atoms with van der Waals surface area (Å²) in [6.45, 7) is 3.12. The van der Waals surface area contributed by atoms with Crippen LogP contribution in [0.2, 0.25) is 10.0 Å². The van der Waals surface area contributed by atoms with Crippen LogP contribution in [0.5, 0.6) is 0 Å². The van der Waals surface area contributed by atoms with Crippen molar-refractivity contribution < 1.29 is 13.2 Å². The van der Waals surface area contributed by atoms with Gasteiger partial charge in [-0.3, -0.25) is 14.0 Å². The first-order valence-corrected chi connectivity index (χ1v) is 11.8. The molecule has 0 saturated carbocycles. The Morgan fingerprint density at radius 2 is 1.69 bits per heavy atom. The summed E-state index contributed by atoms with van der Waals surface area (Å²) in [5, 5.41) is 0.580. The number of rotatable bonds is 6. The molecule has 9 heteroatoms. The number of nitrogens with zero attached hydrogens (tertiary/aromatic N) is 3. The molecule has 0 N–H and O–H groups in total. The minimum atomic E-state index is -3.69. The predicted molar refractivity (Wildman–Crippen MR) is 117 cm³/mol. The number of sulfonamides is 1. The Morgan fingerprint density at radius 1 is 1.03 bits per heavy atom. The van der Waals surface area contributed by atoms with Crippen LogP contribution in [0.4, 0.5) is 5.69 Å². The van der Waals surface area contributed by atoms with E-state index in [4.69, 9.17) is 23.2 Å². The van der Waals surface area contributed by atoms with Crippen LogP contribution in [0.25, 0.3) is 0 Å². The predicted octanol–water partition coefficient (Wildman–Crippen LogP) is 3.10. The molecule has 29 heavy (non-hydrogen) atoms. The van der Waals surface area contributed by atoms with Crippen LogP contribution in [0, 0.1) is 0 Å². The summed E-state index contributed by atoms with van der Waals surface area (Å²) in [5.74, 6) is -0.249. The quantitative estimate of drug-likeness (QED) is 0.671. The molecule has 1 aliphatic rings. The van der Waals surface area contributed by atoms with Gasteiger partial charge in [-0.1, -0.05) is 53.5 Å². The van der Waals surface area contributed by atoms with Crippen molar-refractivity contribution in [3.63, 3.8) is 0 Å². The first-order chi connectivity index (χ1) is 13.7. The number of amides is 1. The van der Waals surface area contributed by atoms with Gasteiger partial charge < -0.3 is 4.90 Å². The number of benzene rings is 2. The van der Waals surface area contributed by atoms with Crippen LogP contribution in [0.3, 0.4) is 0 Å². The second-order valence-electron chi connectivity index (χ2n) is 7.01. The normalized spacial score (nSPS) is 15.3. The lowest BCUT2D eigenvalue weighted by atomic mass is 10.2. The summed E-state index contributed by atoms with van der Waals surface area (Å²) in [7, 11) is -3.69. The fourth-order valence-corrected chi connectivity index (χ4v) is 4.71. The molecule has 156 valence electrons. The van der Waals surface area contributed by atoms with Crippen LogP contribution in [0.15, 0.2) is 48.5 Å². The second kappa shape index (κ2) is 9.34. The van der Waals surface area contributed by atoms with E-state index >= 15 is 0 Å². The third-order valence-electron chi connectivity index (χ3n) is 4.83. The Labute approximate surface area is 181 Å².